The topological polar surface area (TPSA) is 66.6 Å². The van der Waals surface area contributed by atoms with Crippen LogP contribution in [0.2, 0.25) is 0 Å². The summed E-state index contributed by atoms with van der Waals surface area (Å²) in [6.45, 7) is 0.613. The maximum Gasteiger partial charge on any atom is 0.258 e. The molecule has 0 aliphatic carbocycles. The number of carbonyl (C=O) groups is 1. The van der Waals surface area contributed by atoms with Crippen molar-refractivity contribution >= 4 is 17.5 Å². The lowest BCUT2D eigenvalue weighted by Crippen LogP contribution is -2.26. The van der Waals surface area contributed by atoms with E-state index in [-0.39, 0.29) is 17.5 Å². The zero-order valence-electron chi connectivity index (χ0n) is 14.9. The van der Waals surface area contributed by atoms with E-state index >= 15 is 0 Å². The summed E-state index contributed by atoms with van der Waals surface area (Å²) in [5.74, 6) is -0.794. The minimum absolute atomic E-state index is 0.219. The third-order valence-corrected chi connectivity index (χ3v) is 4.72. The number of halogens is 2. The standard InChI is InChI=1S/C18H18F2N6O/c1-24(2)17(27)13-9-22-26-10-21-18(23-16(13)26)25-7-3-4-15(25)12-8-11(19)5-6-14(12)20/h5-6,8-10,15H,3-4,7H2,1-2H3/t15-/m1/s1. The van der Waals surface area contributed by atoms with Gasteiger partial charge in [0.25, 0.3) is 5.91 Å². The Bertz CT molecular complexity index is 1020. The van der Waals surface area contributed by atoms with Gasteiger partial charge in [0.2, 0.25) is 5.95 Å². The van der Waals surface area contributed by atoms with Crippen LogP contribution in [0, 0.1) is 11.6 Å². The molecule has 0 radical (unpaired) electrons. The SMILES string of the molecule is CN(C)C(=O)c1cnn2cnc(N3CCC[C@@H]3c3cc(F)ccc3F)nc12. The maximum absolute atomic E-state index is 14.3. The van der Waals surface area contributed by atoms with Crippen molar-refractivity contribution in [2.75, 3.05) is 25.5 Å². The normalized spacial score (nSPS) is 16.9. The van der Waals surface area contributed by atoms with Gasteiger partial charge in [-0.05, 0) is 31.0 Å². The lowest BCUT2D eigenvalue weighted by atomic mass is 10.0. The molecule has 4 rings (SSSR count). The summed E-state index contributed by atoms with van der Waals surface area (Å²) in [7, 11) is 3.30. The third-order valence-electron chi connectivity index (χ3n) is 4.72. The fourth-order valence-corrected chi connectivity index (χ4v) is 3.41. The van der Waals surface area contributed by atoms with Crippen LogP contribution in [0.25, 0.3) is 5.65 Å². The average molecular weight is 372 g/mol. The molecule has 7 nitrogen and oxygen atoms in total. The van der Waals surface area contributed by atoms with Crippen LogP contribution >= 0.6 is 0 Å². The van der Waals surface area contributed by atoms with Crippen LogP contribution in [0.4, 0.5) is 14.7 Å². The monoisotopic (exact) mass is 372 g/mol. The minimum Gasteiger partial charge on any atom is -0.345 e. The second-order valence-electron chi connectivity index (χ2n) is 6.70. The Morgan fingerprint density at radius 1 is 1.30 bits per heavy atom. The van der Waals surface area contributed by atoms with Crippen LogP contribution in [0.1, 0.15) is 34.8 Å². The van der Waals surface area contributed by atoms with Crippen molar-refractivity contribution in [3.05, 3.63) is 53.5 Å². The van der Waals surface area contributed by atoms with Gasteiger partial charge in [0.1, 0.15) is 23.5 Å². The number of amides is 1. The smallest absolute Gasteiger partial charge is 0.258 e. The highest BCUT2D eigenvalue weighted by Gasteiger charge is 2.31. The molecule has 3 heterocycles. The first kappa shape index (κ1) is 17.3. The molecule has 140 valence electrons. The summed E-state index contributed by atoms with van der Waals surface area (Å²) >= 11 is 0. The third kappa shape index (κ3) is 2.98. The van der Waals surface area contributed by atoms with Crippen LogP contribution in [0.5, 0.6) is 0 Å². The Morgan fingerprint density at radius 2 is 2.11 bits per heavy atom. The van der Waals surface area contributed by atoms with E-state index in [0.29, 0.717) is 30.1 Å². The van der Waals surface area contributed by atoms with Crippen molar-refractivity contribution in [3.8, 4) is 0 Å². The number of hydrogen-bond donors (Lipinski definition) is 0. The number of hydrogen-bond acceptors (Lipinski definition) is 5. The van der Waals surface area contributed by atoms with Crippen LogP contribution in [-0.2, 0) is 0 Å². The zero-order chi connectivity index (χ0) is 19.1. The van der Waals surface area contributed by atoms with Gasteiger partial charge in [-0.15, -0.1) is 0 Å². The Labute approximate surface area is 154 Å². The van der Waals surface area contributed by atoms with Crippen LogP contribution in [0.3, 0.4) is 0 Å². The van der Waals surface area contributed by atoms with E-state index < -0.39 is 11.6 Å². The molecule has 1 aliphatic heterocycles. The number of anilines is 1. The van der Waals surface area contributed by atoms with Gasteiger partial charge in [-0.2, -0.15) is 10.1 Å². The number of aromatic nitrogens is 4. The molecule has 1 atom stereocenters. The predicted octanol–water partition coefficient (Wildman–Crippen LogP) is 2.45. The highest BCUT2D eigenvalue weighted by atomic mass is 19.1. The van der Waals surface area contributed by atoms with E-state index in [4.69, 9.17) is 0 Å². The summed E-state index contributed by atoms with van der Waals surface area (Å²) < 4.78 is 29.3. The lowest BCUT2D eigenvalue weighted by molar-refractivity contribution is 0.0829. The number of carbonyl (C=O) groups excluding carboxylic acids is 1. The van der Waals surface area contributed by atoms with E-state index in [1.165, 1.54) is 28.0 Å². The molecular weight excluding hydrogens is 354 g/mol. The average Bonchev–Trinajstić information content (AvgIpc) is 3.29. The minimum atomic E-state index is -0.482. The van der Waals surface area contributed by atoms with E-state index in [9.17, 15) is 13.6 Å². The van der Waals surface area contributed by atoms with Crippen molar-refractivity contribution in [1.82, 2.24) is 24.5 Å². The van der Waals surface area contributed by atoms with E-state index in [1.807, 2.05) is 4.90 Å². The lowest BCUT2D eigenvalue weighted by Gasteiger charge is -2.25. The largest absolute Gasteiger partial charge is 0.345 e. The van der Waals surface area contributed by atoms with Crippen molar-refractivity contribution in [2.45, 2.75) is 18.9 Å². The van der Waals surface area contributed by atoms with Gasteiger partial charge >= 0.3 is 0 Å². The first-order chi connectivity index (χ1) is 13.0. The van der Waals surface area contributed by atoms with Crippen LogP contribution < -0.4 is 4.90 Å². The van der Waals surface area contributed by atoms with Gasteiger partial charge in [-0.3, -0.25) is 4.79 Å². The summed E-state index contributed by atoms with van der Waals surface area (Å²) in [5.41, 5.74) is 1.02. The molecule has 0 saturated carbocycles. The van der Waals surface area contributed by atoms with Crippen molar-refractivity contribution in [2.24, 2.45) is 0 Å². The molecule has 1 aromatic carbocycles. The molecule has 27 heavy (non-hydrogen) atoms. The molecule has 2 aromatic heterocycles. The molecular formula is C18H18F2N6O. The molecule has 1 aliphatic rings. The van der Waals surface area contributed by atoms with E-state index in [2.05, 4.69) is 15.1 Å². The second-order valence-corrected chi connectivity index (χ2v) is 6.70. The second kappa shape index (κ2) is 6.57. The zero-order valence-corrected chi connectivity index (χ0v) is 14.9. The van der Waals surface area contributed by atoms with Gasteiger partial charge in [0.15, 0.2) is 5.65 Å². The Morgan fingerprint density at radius 3 is 2.89 bits per heavy atom. The molecule has 1 amide bonds. The molecule has 0 N–H and O–H groups in total. The first-order valence-electron chi connectivity index (χ1n) is 8.59. The maximum atomic E-state index is 14.3. The quantitative estimate of drug-likeness (QED) is 0.707. The number of nitrogens with zero attached hydrogens (tertiary/aromatic N) is 6. The number of rotatable bonds is 3. The van der Waals surface area contributed by atoms with Gasteiger partial charge in [-0.1, -0.05) is 0 Å². The molecule has 0 unspecified atom stereocenters. The molecule has 9 heteroatoms. The Kier molecular flexibility index (Phi) is 4.21. The van der Waals surface area contributed by atoms with Gasteiger partial charge in [-0.25, -0.2) is 18.3 Å². The van der Waals surface area contributed by atoms with E-state index in [1.54, 1.807) is 14.1 Å². The number of benzene rings is 1. The van der Waals surface area contributed by atoms with Crippen molar-refractivity contribution < 1.29 is 13.6 Å². The molecule has 3 aromatic rings. The Balaban J connectivity index is 1.75. The summed E-state index contributed by atoms with van der Waals surface area (Å²) in [6.07, 6.45) is 4.39. The fourth-order valence-electron chi connectivity index (χ4n) is 3.41. The van der Waals surface area contributed by atoms with Gasteiger partial charge in [0, 0.05) is 26.2 Å². The summed E-state index contributed by atoms with van der Waals surface area (Å²) in [6, 6.07) is 3.10. The summed E-state index contributed by atoms with van der Waals surface area (Å²) in [5, 5.41) is 4.11. The van der Waals surface area contributed by atoms with Crippen molar-refractivity contribution in [1.29, 1.82) is 0 Å². The van der Waals surface area contributed by atoms with Gasteiger partial charge < -0.3 is 9.80 Å². The first-order valence-corrected chi connectivity index (χ1v) is 8.59. The number of fused-ring (bicyclic) bond motifs is 1. The highest BCUT2D eigenvalue weighted by Crippen LogP contribution is 2.36. The van der Waals surface area contributed by atoms with Crippen LogP contribution in [0.15, 0.2) is 30.7 Å². The highest BCUT2D eigenvalue weighted by molar-refractivity contribution is 5.99. The van der Waals surface area contributed by atoms with Crippen molar-refractivity contribution in [3.63, 3.8) is 0 Å². The predicted molar refractivity (Wildman–Crippen MR) is 94.5 cm³/mol. The fraction of sp³-hybridized carbons (Fsp3) is 0.333. The van der Waals surface area contributed by atoms with Gasteiger partial charge in [0.05, 0.1) is 12.2 Å². The van der Waals surface area contributed by atoms with E-state index in [0.717, 1.165) is 18.6 Å². The Hall–Kier alpha value is -3.10. The molecule has 1 fully saturated rings. The molecule has 1 saturated heterocycles. The molecule has 0 bridgehead atoms. The summed E-state index contributed by atoms with van der Waals surface area (Å²) in [4.78, 5) is 24.4. The molecule has 0 spiro atoms. The van der Waals surface area contributed by atoms with Crippen LogP contribution in [-0.4, -0.2) is 51.0 Å².